The van der Waals surface area contributed by atoms with E-state index in [1.54, 1.807) is 39.8 Å². The third-order valence-electron chi connectivity index (χ3n) is 4.87. The number of benzene rings is 1. The second kappa shape index (κ2) is 11.0. The van der Waals surface area contributed by atoms with Gasteiger partial charge in [-0.25, -0.2) is 19.2 Å². The second-order valence-electron chi connectivity index (χ2n) is 6.92. The van der Waals surface area contributed by atoms with Gasteiger partial charge >= 0.3 is 33.7 Å². The molecule has 0 aliphatic carbocycles. The summed E-state index contributed by atoms with van der Waals surface area (Å²) in [5, 5.41) is 0. The van der Waals surface area contributed by atoms with Crippen LogP contribution in [0.5, 0.6) is 0 Å². The van der Waals surface area contributed by atoms with E-state index in [0.29, 0.717) is 20.9 Å². The summed E-state index contributed by atoms with van der Waals surface area (Å²) in [6.07, 6.45) is 0. The first-order valence-corrected chi connectivity index (χ1v) is 12.4. The van der Waals surface area contributed by atoms with Gasteiger partial charge in [-0.3, -0.25) is 0 Å². The molecule has 2 aliphatic rings. The predicted molar refractivity (Wildman–Crippen MR) is 120 cm³/mol. The van der Waals surface area contributed by atoms with Gasteiger partial charge in [0, 0.05) is 9.79 Å². The van der Waals surface area contributed by atoms with Crippen molar-refractivity contribution in [3.8, 4) is 0 Å². The van der Waals surface area contributed by atoms with Gasteiger partial charge < -0.3 is 28.4 Å². The van der Waals surface area contributed by atoms with Crippen molar-refractivity contribution >= 4 is 47.4 Å². The molecule has 0 aromatic heterocycles. The lowest BCUT2D eigenvalue weighted by Crippen LogP contribution is -2.51. The maximum Gasteiger partial charge on any atom is 0.361 e. The molecule has 0 saturated heterocycles. The Morgan fingerprint density at radius 1 is 0.676 bits per heavy atom. The van der Waals surface area contributed by atoms with Crippen LogP contribution in [0.15, 0.2) is 21.9 Å². The molecule has 0 fully saturated rings. The zero-order valence-electron chi connectivity index (χ0n) is 19.3. The normalized spacial score (nSPS) is 17.5. The van der Waals surface area contributed by atoms with Crippen molar-refractivity contribution in [3.05, 3.63) is 23.3 Å². The minimum atomic E-state index is -1.99. The van der Waals surface area contributed by atoms with Crippen molar-refractivity contribution in [2.45, 2.75) is 60.6 Å². The Morgan fingerprint density at radius 2 is 0.971 bits per heavy atom. The average Bonchev–Trinajstić information content (AvgIpc) is 2.83. The van der Waals surface area contributed by atoms with Gasteiger partial charge in [-0.15, -0.1) is 0 Å². The Kier molecular flexibility index (Phi) is 8.50. The Balaban J connectivity index is 1.98. The van der Waals surface area contributed by atoms with Crippen LogP contribution in [0, 0.1) is 0 Å². The number of hydrogen-bond donors (Lipinski definition) is 0. The van der Waals surface area contributed by atoms with Crippen molar-refractivity contribution in [1.29, 1.82) is 0 Å². The fourth-order valence-corrected chi connectivity index (χ4v) is 5.65. The van der Waals surface area contributed by atoms with Gasteiger partial charge in [0.1, 0.15) is 0 Å². The summed E-state index contributed by atoms with van der Waals surface area (Å²) in [6.45, 7) is 6.54. The molecule has 0 saturated carbocycles. The molecule has 0 radical (unpaired) electrons. The molecule has 0 unspecified atom stereocenters. The third-order valence-corrected chi connectivity index (χ3v) is 7.55. The average molecular weight is 515 g/mol. The fraction of sp³-hybridized carbons (Fsp3) is 0.545. The molecule has 34 heavy (non-hydrogen) atoms. The van der Waals surface area contributed by atoms with Crippen molar-refractivity contribution in [2.75, 3.05) is 26.4 Å². The Hall–Kier alpha value is -2.28. The highest BCUT2D eigenvalue weighted by atomic mass is 32.2. The second-order valence-corrected chi connectivity index (χ2v) is 9.35. The lowest BCUT2D eigenvalue weighted by molar-refractivity contribution is -0.181. The minimum Gasteiger partial charge on any atom is -0.463 e. The zero-order valence-corrected chi connectivity index (χ0v) is 20.9. The summed E-state index contributed by atoms with van der Waals surface area (Å²) in [6, 6.07) is 3.38. The topological polar surface area (TPSA) is 124 Å². The van der Waals surface area contributed by atoms with Crippen LogP contribution in [0.25, 0.3) is 0 Å². The van der Waals surface area contributed by atoms with Crippen LogP contribution in [-0.2, 0) is 60.8 Å². The van der Waals surface area contributed by atoms with Crippen molar-refractivity contribution in [3.63, 3.8) is 0 Å². The summed E-state index contributed by atoms with van der Waals surface area (Å²) in [5.41, 5.74) is 1.33. The van der Waals surface area contributed by atoms with Gasteiger partial charge in [0.25, 0.3) is 0 Å². The maximum absolute atomic E-state index is 12.7. The van der Waals surface area contributed by atoms with E-state index >= 15 is 0 Å². The van der Waals surface area contributed by atoms with E-state index < -0.39 is 33.7 Å². The molecule has 0 bridgehead atoms. The largest absolute Gasteiger partial charge is 0.463 e. The van der Waals surface area contributed by atoms with Crippen LogP contribution < -0.4 is 0 Å². The number of carbonyl (C=O) groups excluding carboxylic acids is 4. The highest BCUT2D eigenvalue weighted by Crippen LogP contribution is 2.50. The molecule has 0 atom stereocenters. The molecule has 186 valence electrons. The molecular formula is C22H26O10S2. The monoisotopic (exact) mass is 514 g/mol. The highest BCUT2D eigenvalue weighted by Gasteiger charge is 2.57. The van der Waals surface area contributed by atoms with Crippen LogP contribution in [0.4, 0.5) is 0 Å². The number of rotatable bonds is 8. The molecule has 0 amide bonds. The van der Waals surface area contributed by atoms with Crippen LogP contribution in [0.3, 0.4) is 0 Å². The predicted octanol–water partition coefficient (Wildman–Crippen LogP) is 2.58. The summed E-state index contributed by atoms with van der Waals surface area (Å²) >= 11 is 1.77. The number of carbonyl (C=O) groups is 4. The first-order valence-electron chi connectivity index (χ1n) is 10.8. The van der Waals surface area contributed by atoms with Crippen LogP contribution in [0.2, 0.25) is 0 Å². The highest BCUT2D eigenvalue weighted by molar-refractivity contribution is 8.02. The summed E-state index contributed by atoms with van der Waals surface area (Å²) in [4.78, 5) is 48.0. The van der Waals surface area contributed by atoms with Crippen molar-refractivity contribution in [2.24, 2.45) is 0 Å². The summed E-state index contributed by atoms with van der Waals surface area (Å²) in [5.74, 6) is -3.40. The molecule has 0 spiro atoms. The van der Waals surface area contributed by atoms with Crippen LogP contribution in [-0.4, -0.2) is 60.2 Å². The zero-order chi connectivity index (χ0) is 24.9. The number of hydrogen-bond acceptors (Lipinski definition) is 12. The van der Waals surface area contributed by atoms with Crippen LogP contribution >= 0.6 is 23.5 Å². The lowest BCUT2D eigenvalue weighted by Gasteiger charge is -2.37. The Morgan fingerprint density at radius 3 is 1.24 bits per heavy atom. The molecular weight excluding hydrogens is 488 g/mol. The minimum absolute atomic E-state index is 0.0647. The lowest BCUT2D eigenvalue weighted by atomic mass is 10.1. The van der Waals surface area contributed by atoms with Gasteiger partial charge in [0.2, 0.25) is 0 Å². The molecule has 1 aromatic carbocycles. The molecule has 12 heteroatoms. The van der Waals surface area contributed by atoms with E-state index in [9.17, 15) is 19.2 Å². The van der Waals surface area contributed by atoms with Gasteiger partial charge in [-0.1, -0.05) is 23.5 Å². The first kappa shape index (κ1) is 26.3. The van der Waals surface area contributed by atoms with E-state index in [1.165, 1.54) is 0 Å². The number of ether oxygens (including phenoxy) is 6. The van der Waals surface area contributed by atoms with E-state index in [2.05, 4.69) is 0 Å². The number of esters is 4. The number of fused-ring (bicyclic) bond motifs is 3. The maximum atomic E-state index is 12.7. The quantitative estimate of drug-likeness (QED) is 0.288. The van der Waals surface area contributed by atoms with Gasteiger partial charge in [-0.05, 0) is 51.0 Å². The smallest absolute Gasteiger partial charge is 0.361 e. The van der Waals surface area contributed by atoms with E-state index in [-0.39, 0.29) is 39.6 Å². The van der Waals surface area contributed by atoms with E-state index in [0.717, 1.165) is 23.5 Å². The Labute approximate surface area is 205 Å². The van der Waals surface area contributed by atoms with Gasteiger partial charge in [-0.2, -0.15) is 0 Å². The van der Waals surface area contributed by atoms with Crippen molar-refractivity contribution in [1.82, 2.24) is 0 Å². The van der Waals surface area contributed by atoms with Gasteiger partial charge in [0.05, 0.1) is 39.6 Å². The van der Waals surface area contributed by atoms with E-state index in [4.69, 9.17) is 28.4 Å². The van der Waals surface area contributed by atoms with Crippen molar-refractivity contribution < 1.29 is 47.6 Å². The molecule has 3 rings (SSSR count). The molecule has 0 N–H and O–H groups in total. The number of thioether (sulfide) groups is 2. The van der Waals surface area contributed by atoms with Gasteiger partial charge in [0.15, 0.2) is 0 Å². The SMILES string of the molecule is CCOC(=O)C1(C(=O)OCC)OCc2c(ccc3c2COC(C(=O)OCC)(C(=O)OCC)S3)S1. The van der Waals surface area contributed by atoms with E-state index in [1.807, 2.05) is 0 Å². The standard InChI is InChI=1S/C22H26O10S2/c1-5-27-17(23)21(18(24)28-6-2)31-11-13-14-12-32-22(19(25)29-7-3,20(26)30-8-4)34-16(14)10-9-15(13)33-21/h9-10H,5-8,11-12H2,1-4H3. The van der Waals surface area contributed by atoms with Crippen LogP contribution in [0.1, 0.15) is 38.8 Å². The Bertz CT molecular complexity index is 864. The fourth-order valence-electron chi connectivity index (χ4n) is 3.35. The molecule has 1 aromatic rings. The third kappa shape index (κ3) is 4.64. The molecule has 10 nitrogen and oxygen atoms in total. The summed E-state index contributed by atoms with van der Waals surface area (Å²) < 4.78 is 31.9. The summed E-state index contributed by atoms with van der Waals surface area (Å²) in [7, 11) is 0. The molecule has 2 heterocycles. The molecule has 2 aliphatic heterocycles. The first-order chi connectivity index (χ1) is 16.3.